The van der Waals surface area contributed by atoms with Crippen LogP contribution in [0, 0.1) is 13.8 Å². The fraction of sp³-hybridized carbons (Fsp3) is 0.417. The van der Waals surface area contributed by atoms with Crippen LogP contribution in [0.25, 0.3) is 10.9 Å². The van der Waals surface area contributed by atoms with E-state index in [1.54, 1.807) is 7.11 Å². The van der Waals surface area contributed by atoms with Crippen LogP contribution in [0.5, 0.6) is 5.75 Å². The molecule has 0 bridgehead atoms. The van der Waals surface area contributed by atoms with E-state index in [1.807, 2.05) is 49.1 Å². The highest BCUT2D eigenvalue weighted by molar-refractivity contribution is 5.99. The number of benzene rings is 1. The maximum absolute atomic E-state index is 13.3. The van der Waals surface area contributed by atoms with E-state index in [1.165, 1.54) is 0 Å². The van der Waals surface area contributed by atoms with Crippen LogP contribution in [-0.4, -0.2) is 59.0 Å². The van der Waals surface area contributed by atoms with Crippen molar-refractivity contribution in [1.82, 2.24) is 19.9 Å². The number of hydrogen-bond donors (Lipinski definition) is 0. The summed E-state index contributed by atoms with van der Waals surface area (Å²) in [6.07, 6.45) is 0. The fourth-order valence-electron chi connectivity index (χ4n) is 3.90. The van der Waals surface area contributed by atoms with Gasteiger partial charge in [0.15, 0.2) is 0 Å². The summed E-state index contributed by atoms with van der Waals surface area (Å²) in [5.41, 5.74) is 3.23. The Kier molecular flexibility index (Phi) is 5.76. The lowest BCUT2D eigenvalue weighted by Gasteiger charge is -2.36. The first-order valence-electron chi connectivity index (χ1n) is 10.7. The summed E-state index contributed by atoms with van der Waals surface area (Å²) < 4.78 is 5.32. The molecular weight excluding hydrogens is 390 g/mol. The molecule has 0 atom stereocenters. The summed E-state index contributed by atoms with van der Waals surface area (Å²) in [4.78, 5) is 31.3. The molecule has 1 fully saturated rings. The molecule has 7 heteroatoms. The molecule has 1 aliphatic rings. The lowest BCUT2D eigenvalue weighted by atomic mass is 10.1. The molecule has 1 aromatic carbocycles. The number of carbonyl (C=O) groups excluding carboxylic acids is 1. The van der Waals surface area contributed by atoms with Gasteiger partial charge in [-0.2, -0.15) is 0 Å². The monoisotopic (exact) mass is 419 g/mol. The number of aryl methyl sites for hydroxylation is 2. The van der Waals surface area contributed by atoms with Crippen molar-refractivity contribution in [3.8, 4) is 5.75 Å². The van der Waals surface area contributed by atoms with Gasteiger partial charge in [0, 0.05) is 49.2 Å². The zero-order valence-electron chi connectivity index (χ0n) is 18.8. The second kappa shape index (κ2) is 8.49. The van der Waals surface area contributed by atoms with E-state index in [2.05, 4.69) is 28.7 Å². The number of aromatic nitrogens is 3. The van der Waals surface area contributed by atoms with Gasteiger partial charge in [0.1, 0.15) is 17.4 Å². The molecule has 4 rings (SSSR count). The molecule has 0 aliphatic carbocycles. The van der Waals surface area contributed by atoms with Gasteiger partial charge in [-0.3, -0.25) is 9.78 Å². The van der Waals surface area contributed by atoms with Crippen molar-refractivity contribution in [2.75, 3.05) is 38.2 Å². The molecular formula is C24H29N5O2. The molecule has 0 saturated carbocycles. The lowest BCUT2D eigenvalue weighted by molar-refractivity contribution is 0.0745. The molecule has 3 aromatic rings. The second-order valence-electron chi connectivity index (χ2n) is 8.34. The molecule has 162 valence electrons. The molecule has 1 saturated heterocycles. The van der Waals surface area contributed by atoms with Gasteiger partial charge in [-0.25, -0.2) is 9.97 Å². The van der Waals surface area contributed by atoms with Gasteiger partial charge in [0.05, 0.1) is 23.9 Å². The number of fused-ring (bicyclic) bond motifs is 1. The number of methoxy groups -OCH3 is 1. The van der Waals surface area contributed by atoms with Crippen molar-refractivity contribution in [3.05, 3.63) is 53.1 Å². The van der Waals surface area contributed by atoms with Gasteiger partial charge < -0.3 is 14.5 Å². The number of piperazine rings is 1. The van der Waals surface area contributed by atoms with Gasteiger partial charge in [0.25, 0.3) is 5.91 Å². The molecule has 1 aliphatic heterocycles. The van der Waals surface area contributed by atoms with Crippen LogP contribution in [0.2, 0.25) is 0 Å². The molecule has 0 unspecified atom stereocenters. The molecule has 2 aromatic heterocycles. The van der Waals surface area contributed by atoms with E-state index < -0.39 is 0 Å². The first-order chi connectivity index (χ1) is 14.9. The molecule has 3 heterocycles. The number of carbonyl (C=O) groups is 1. The van der Waals surface area contributed by atoms with E-state index >= 15 is 0 Å². The van der Waals surface area contributed by atoms with E-state index in [0.717, 1.165) is 52.8 Å². The van der Waals surface area contributed by atoms with Crippen LogP contribution in [0.3, 0.4) is 0 Å². The summed E-state index contributed by atoms with van der Waals surface area (Å²) >= 11 is 0. The van der Waals surface area contributed by atoms with Crippen LogP contribution in [0.15, 0.2) is 30.3 Å². The molecule has 0 N–H and O–H groups in total. The molecule has 31 heavy (non-hydrogen) atoms. The third-order valence-corrected chi connectivity index (χ3v) is 5.71. The number of hydrogen-bond acceptors (Lipinski definition) is 6. The Balaban J connectivity index is 1.51. The topological polar surface area (TPSA) is 71.5 Å². The first kappa shape index (κ1) is 21.0. The van der Waals surface area contributed by atoms with Crippen molar-refractivity contribution >= 4 is 22.6 Å². The van der Waals surface area contributed by atoms with Crippen molar-refractivity contribution in [3.63, 3.8) is 0 Å². The van der Waals surface area contributed by atoms with E-state index in [0.29, 0.717) is 18.7 Å². The highest BCUT2D eigenvalue weighted by Crippen LogP contribution is 2.24. The smallest absolute Gasteiger partial charge is 0.255 e. The van der Waals surface area contributed by atoms with Gasteiger partial charge in [-0.15, -0.1) is 0 Å². The Morgan fingerprint density at radius 1 is 1.00 bits per heavy atom. The van der Waals surface area contributed by atoms with Crippen LogP contribution in [-0.2, 0) is 0 Å². The third kappa shape index (κ3) is 4.31. The van der Waals surface area contributed by atoms with Crippen LogP contribution < -0.4 is 9.64 Å². The average molecular weight is 420 g/mol. The first-order valence-corrected chi connectivity index (χ1v) is 10.7. The SMILES string of the molecule is COc1ccc2nc(C)c(C(=O)N3CCN(c4cc(C)nc(C(C)C)n4)CC3)cc2c1. The number of amides is 1. The zero-order chi connectivity index (χ0) is 22.1. The number of anilines is 1. The van der Waals surface area contributed by atoms with Gasteiger partial charge in [0.2, 0.25) is 0 Å². The molecule has 0 spiro atoms. The lowest BCUT2D eigenvalue weighted by Crippen LogP contribution is -2.49. The van der Waals surface area contributed by atoms with Crippen molar-refractivity contribution < 1.29 is 9.53 Å². The summed E-state index contributed by atoms with van der Waals surface area (Å²) in [5, 5.41) is 0.907. The molecule has 1 amide bonds. The van der Waals surface area contributed by atoms with Crippen molar-refractivity contribution in [2.45, 2.75) is 33.6 Å². The second-order valence-corrected chi connectivity index (χ2v) is 8.34. The molecule has 7 nitrogen and oxygen atoms in total. The number of ether oxygens (including phenoxy) is 1. The summed E-state index contributed by atoms with van der Waals surface area (Å²) in [7, 11) is 1.64. The Morgan fingerprint density at radius 3 is 2.42 bits per heavy atom. The van der Waals surface area contributed by atoms with Gasteiger partial charge in [-0.1, -0.05) is 13.8 Å². The summed E-state index contributed by atoms with van der Waals surface area (Å²) in [6, 6.07) is 9.67. The Morgan fingerprint density at radius 2 is 1.74 bits per heavy atom. The van der Waals surface area contributed by atoms with E-state index in [4.69, 9.17) is 9.72 Å². The zero-order valence-corrected chi connectivity index (χ0v) is 18.8. The number of rotatable bonds is 4. The van der Waals surface area contributed by atoms with Crippen molar-refractivity contribution in [1.29, 1.82) is 0 Å². The minimum atomic E-state index is 0.0242. The number of nitrogens with zero attached hydrogens (tertiary/aromatic N) is 5. The minimum Gasteiger partial charge on any atom is -0.497 e. The van der Waals surface area contributed by atoms with E-state index in [9.17, 15) is 4.79 Å². The largest absolute Gasteiger partial charge is 0.497 e. The summed E-state index contributed by atoms with van der Waals surface area (Å²) in [6.45, 7) is 10.9. The Hall–Kier alpha value is -3.22. The minimum absolute atomic E-state index is 0.0242. The van der Waals surface area contributed by atoms with E-state index in [-0.39, 0.29) is 11.8 Å². The molecule has 0 radical (unpaired) electrons. The predicted octanol–water partition coefficient (Wildman–Crippen LogP) is 3.74. The third-order valence-electron chi connectivity index (χ3n) is 5.71. The Labute approximate surface area is 183 Å². The van der Waals surface area contributed by atoms with Gasteiger partial charge in [-0.05, 0) is 38.1 Å². The predicted molar refractivity (Wildman–Crippen MR) is 122 cm³/mol. The van der Waals surface area contributed by atoms with Crippen molar-refractivity contribution in [2.24, 2.45) is 0 Å². The quantitative estimate of drug-likeness (QED) is 0.642. The highest BCUT2D eigenvalue weighted by atomic mass is 16.5. The average Bonchev–Trinajstić information content (AvgIpc) is 2.77. The Bertz CT molecular complexity index is 1120. The van der Waals surface area contributed by atoms with Gasteiger partial charge >= 0.3 is 0 Å². The van der Waals surface area contributed by atoms with Crippen LogP contribution >= 0.6 is 0 Å². The fourth-order valence-corrected chi connectivity index (χ4v) is 3.90. The normalized spacial score (nSPS) is 14.4. The number of pyridine rings is 1. The van der Waals surface area contributed by atoms with Crippen LogP contribution in [0.1, 0.15) is 47.3 Å². The van der Waals surface area contributed by atoms with Crippen LogP contribution in [0.4, 0.5) is 5.82 Å². The summed E-state index contributed by atoms with van der Waals surface area (Å²) in [5.74, 6) is 2.87. The maximum atomic E-state index is 13.3. The highest BCUT2D eigenvalue weighted by Gasteiger charge is 2.25. The maximum Gasteiger partial charge on any atom is 0.255 e. The standard InChI is InChI=1S/C24H29N5O2/c1-15(2)23-25-16(3)12-22(27-23)28-8-10-29(11-9-28)24(30)20-14-18-13-19(31-5)6-7-21(18)26-17(20)4/h6-7,12-15H,8-11H2,1-5H3.